The van der Waals surface area contributed by atoms with Gasteiger partial charge in [0, 0.05) is 18.5 Å². The summed E-state index contributed by atoms with van der Waals surface area (Å²) in [5.41, 5.74) is 5.65. The number of piperidine rings is 1. The first kappa shape index (κ1) is 13.9. The van der Waals surface area contributed by atoms with Crippen molar-refractivity contribution in [3.8, 4) is 0 Å². The van der Waals surface area contributed by atoms with Crippen LogP contribution in [0.2, 0.25) is 0 Å². The summed E-state index contributed by atoms with van der Waals surface area (Å²) >= 11 is 5.02. The quantitative estimate of drug-likeness (QED) is 0.741. The third-order valence-electron chi connectivity index (χ3n) is 3.65. The second-order valence-corrected chi connectivity index (χ2v) is 5.49. The lowest BCUT2D eigenvalue weighted by Crippen LogP contribution is -2.47. The number of thiocarbonyl (C=S) groups is 1. The number of likely N-dealkylation sites (tertiary alicyclic amines) is 1. The van der Waals surface area contributed by atoms with E-state index in [1.165, 1.54) is 25.9 Å². The molecule has 4 heteroatoms. The van der Waals surface area contributed by atoms with E-state index < -0.39 is 0 Å². The van der Waals surface area contributed by atoms with Crippen LogP contribution >= 0.6 is 12.2 Å². The van der Waals surface area contributed by atoms with E-state index in [-0.39, 0.29) is 0 Å². The molecular formula is C12H25N3S. The van der Waals surface area contributed by atoms with Crippen LogP contribution in [-0.2, 0) is 0 Å². The molecule has 0 aromatic carbocycles. The average molecular weight is 243 g/mol. The molecular weight excluding hydrogens is 218 g/mol. The van der Waals surface area contributed by atoms with Gasteiger partial charge in [0.2, 0.25) is 0 Å². The van der Waals surface area contributed by atoms with Gasteiger partial charge in [0.15, 0.2) is 0 Å². The summed E-state index contributed by atoms with van der Waals surface area (Å²) in [6.07, 6.45) is 4.55. The Morgan fingerprint density at radius 3 is 2.38 bits per heavy atom. The van der Waals surface area contributed by atoms with Crippen LogP contribution in [0.4, 0.5) is 0 Å². The minimum Gasteiger partial charge on any atom is -0.393 e. The third kappa shape index (κ3) is 4.00. The van der Waals surface area contributed by atoms with Gasteiger partial charge < -0.3 is 10.6 Å². The zero-order valence-corrected chi connectivity index (χ0v) is 11.6. The second-order valence-electron chi connectivity index (χ2n) is 4.96. The van der Waals surface area contributed by atoms with E-state index in [1.54, 1.807) is 0 Å². The van der Waals surface area contributed by atoms with E-state index >= 15 is 0 Å². The van der Waals surface area contributed by atoms with Crippen molar-refractivity contribution < 1.29 is 0 Å². The lowest BCUT2D eigenvalue weighted by molar-refractivity contribution is 0.108. The first-order valence-corrected chi connectivity index (χ1v) is 6.64. The monoisotopic (exact) mass is 243 g/mol. The summed E-state index contributed by atoms with van der Waals surface area (Å²) in [6, 6.07) is 1.30. The molecule has 0 saturated carbocycles. The first-order chi connectivity index (χ1) is 7.54. The Labute approximate surface area is 105 Å². The topological polar surface area (TPSA) is 32.5 Å². The molecule has 1 rings (SSSR count). The fraction of sp³-hybridized carbons (Fsp3) is 0.917. The molecule has 2 N–H and O–H groups in total. The Bertz CT molecular complexity index is 222. The van der Waals surface area contributed by atoms with Crippen molar-refractivity contribution in [1.29, 1.82) is 0 Å². The highest BCUT2D eigenvalue weighted by Crippen LogP contribution is 2.19. The Morgan fingerprint density at radius 2 is 2.00 bits per heavy atom. The molecule has 0 aromatic rings. The van der Waals surface area contributed by atoms with Gasteiger partial charge >= 0.3 is 0 Å². The zero-order valence-electron chi connectivity index (χ0n) is 10.8. The lowest BCUT2D eigenvalue weighted by atomic mass is 10.00. The molecule has 16 heavy (non-hydrogen) atoms. The highest BCUT2D eigenvalue weighted by atomic mass is 32.1. The van der Waals surface area contributed by atoms with Crippen LogP contribution in [0.5, 0.6) is 0 Å². The van der Waals surface area contributed by atoms with Crippen molar-refractivity contribution in [3.05, 3.63) is 0 Å². The number of hydrogen-bond acceptors (Lipinski definition) is 3. The first-order valence-electron chi connectivity index (χ1n) is 6.23. The van der Waals surface area contributed by atoms with Crippen molar-refractivity contribution in [2.24, 2.45) is 5.73 Å². The highest BCUT2D eigenvalue weighted by molar-refractivity contribution is 7.80. The molecule has 1 unspecified atom stereocenters. The smallest absolute Gasteiger partial charge is 0.0743 e. The average Bonchev–Trinajstić information content (AvgIpc) is 2.25. The van der Waals surface area contributed by atoms with Gasteiger partial charge in [-0.25, -0.2) is 0 Å². The van der Waals surface area contributed by atoms with E-state index in [0.29, 0.717) is 11.0 Å². The summed E-state index contributed by atoms with van der Waals surface area (Å²) in [6.45, 7) is 4.59. The highest BCUT2D eigenvalue weighted by Gasteiger charge is 2.25. The van der Waals surface area contributed by atoms with E-state index in [9.17, 15) is 0 Å². The van der Waals surface area contributed by atoms with Gasteiger partial charge in [-0.3, -0.25) is 4.90 Å². The molecule has 0 amide bonds. The van der Waals surface area contributed by atoms with Crippen molar-refractivity contribution >= 4 is 17.2 Å². The molecule has 94 valence electrons. The Balaban J connectivity index is 2.41. The maximum Gasteiger partial charge on any atom is 0.0743 e. The van der Waals surface area contributed by atoms with Gasteiger partial charge in [-0.1, -0.05) is 19.1 Å². The second kappa shape index (κ2) is 6.52. The van der Waals surface area contributed by atoms with Crippen LogP contribution in [0.1, 0.15) is 32.6 Å². The molecule has 1 aliphatic heterocycles. The van der Waals surface area contributed by atoms with Gasteiger partial charge in [0.25, 0.3) is 0 Å². The molecule has 3 nitrogen and oxygen atoms in total. The summed E-state index contributed by atoms with van der Waals surface area (Å²) in [5.74, 6) is 0. The fourth-order valence-corrected chi connectivity index (χ4v) is 2.72. The van der Waals surface area contributed by atoms with Crippen molar-refractivity contribution in [2.75, 3.05) is 27.2 Å². The maximum atomic E-state index is 5.65. The predicted octanol–water partition coefficient (Wildman–Crippen LogP) is 1.47. The van der Waals surface area contributed by atoms with Gasteiger partial charge in [-0.05, 0) is 46.4 Å². The molecule has 0 aliphatic carbocycles. The predicted molar refractivity (Wildman–Crippen MR) is 73.8 cm³/mol. The number of rotatable bonds is 5. The standard InChI is InChI=1S/C12H25N3S/c1-4-10(9-12(13)16)15-7-5-11(6-8-15)14(2)3/h10-11H,4-9H2,1-3H3,(H2,13,16). The van der Waals surface area contributed by atoms with Crippen LogP contribution in [-0.4, -0.2) is 54.1 Å². The minimum atomic E-state index is 0.556. The van der Waals surface area contributed by atoms with Crippen molar-refractivity contribution in [3.63, 3.8) is 0 Å². The zero-order chi connectivity index (χ0) is 12.1. The normalized spacial score (nSPS) is 21.2. The molecule has 1 fully saturated rings. The maximum absolute atomic E-state index is 5.65. The van der Waals surface area contributed by atoms with E-state index in [4.69, 9.17) is 18.0 Å². The third-order valence-corrected chi connectivity index (χ3v) is 3.82. The molecule has 1 aliphatic rings. The molecule has 0 bridgehead atoms. The number of nitrogens with zero attached hydrogens (tertiary/aromatic N) is 2. The SMILES string of the molecule is CCC(CC(N)=S)N1CCC(N(C)C)CC1. The molecule has 0 aromatic heterocycles. The van der Waals surface area contributed by atoms with Crippen LogP contribution in [0.15, 0.2) is 0 Å². The minimum absolute atomic E-state index is 0.556. The summed E-state index contributed by atoms with van der Waals surface area (Å²) < 4.78 is 0. The van der Waals surface area contributed by atoms with Gasteiger partial charge in [0.1, 0.15) is 0 Å². The van der Waals surface area contributed by atoms with Crippen LogP contribution in [0.3, 0.4) is 0 Å². The molecule has 0 spiro atoms. The number of hydrogen-bond donors (Lipinski definition) is 1. The molecule has 1 heterocycles. The van der Waals surface area contributed by atoms with E-state index in [1.807, 2.05) is 0 Å². The Morgan fingerprint density at radius 1 is 1.44 bits per heavy atom. The Kier molecular flexibility index (Phi) is 5.66. The molecule has 1 saturated heterocycles. The van der Waals surface area contributed by atoms with Gasteiger partial charge in [-0.15, -0.1) is 0 Å². The van der Waals surface area contributed by atoms with Gasteiger partial charge in [0.05, 0.1) is 4.99 Å². The van der Waals surface area contributed by atoms with Crippen LogP contribution < -0.4 is 5.73 Å². The molecule has 1 atom stereocenters. The summed E-state index contributed by atoms with van der Waals surface area (Å²) in [7, 11) is 4.35. The largest absolute Gasteiger partial charge is 0.393 e. The lowest BCUT2D eigenvalue weighted by Gasteiger charge is -2.39. The van der Waals surface area contributed by atoms with Gasteiger partial charge in [-0.2, -0.15) is 0 Å². The van der Waals surface area contributed by atoms with Crippen LogP contribution in [0, 0.1) is 0 Å². The summed E-state index contributed by atoms with van der Waals surface area (Å²) in [4.78, 5) is 5.55. The van der Waals surface area contributed by atoms with Crippen LogP contribution in [0.25, 0.3) is 0 Å². The summed E-state index contributed by atoms with van der Waals surface area (Å²) in [5, 5.41) is 0. The Hall–Kier alpha value is -0.190. The van der Waals surface area contributed by atoms with Crippen molar-refractivity contribution in [2.45, 2.75) is 44.7 Å². The van der Waals surface area contributed by atoms with Crippen molar-refractivity contribution in [1.82, 2.24) is 9.80 Å². The molecule has 0 radical (unpaired) electrons. The van der Waals surface area contributed by atoms with E-state index in [2.05, 4.69) is 30.8 Å². The fourth-order valence-electron chi connectivity index (χ4n) is 2.53. The van der Waals surface area contributed by atoms with E-state index in [0.717, 1.165) is 18.9 Å². The number of nitrogens with two attached hydrogens (primary N) is 1.